The van der Waals surface area contributed by atoms with Gasteiger partial charge in [0.15, 0.2) is 0 Å². The van der Waals surface area contributed by atoms with Gasteiger partial charge in [0.25, 0.3) is 0 Å². The van der Waals surface area contributed by atoms with Gasteiger partial charge in [-0.25, -0.2) is 0 Å². The molecule has 0 spiro atoms. The van der Waals surface area contributed by atoms with Gasteiger partial charge in [-0.1, -0.05) is 32.6 Å². The molecular formula is C13H24N2O. The van der Waals surface area contributed by atoms with E-state index in [4.69, 9.17) is 0 Å². The number of amides is 1. The Morgan fingerprint density at radius 3 is 2.88 bits per heavy atom. The molecule has 2 fully saturated rings. The number of hydrogen-bond acceptors (Lipinski definition) is 2. The molecule has 0 bridgehead atoms. The number of hydrogen-bond donors (Lipinski definition) is 1. The Bertz CT molecular complexity index is 250. The fourth-order valence-corrected chi connectivity index (χ4v) is 2.54. The maximum Gasteiger partial charge on any atom is 0.241 e. The van der Waals surface area contributed by atoms with Crippen molar-refractivity contribution >= 4 is 5.91 Å². The highest BCUT2D eigenvalue weighted by Crippen LogP contribution is 2.35. The molecule has 2 aliphatic rings. The molecule has 2 unspecified atom stereocenters. The molecule has 16 heavy (non-hydrogen) atoms. The van der Waals surface area contributed by atoms with Crippen molar-refractivity contribution in [3.8, 4) is 0 Å². The zero-order valence-corrected chi connectivity index (χ0v) is 10.5. The van der Waals surface area contributed by atoms with Gasteiger partial charge in [0.05, 0.1) is 12.7 Å². The van der Waals surface area contributed by atoms with E-state index in [0.717, 1.165) is 25.4 Å². The molecular weight excluding hydrogens is 200 g/mol. The topological polar surface area (TPSA) is 32.3 Å². The smallest absolute Gasteiger partial charge is 0.241 e. The molecule has 3 nitrogen and oxygen atoms in total. The van der Waals surface area contributed by atoms with Gasteiger partial charge in [0.1, 0.15) is 0 Å². The number of unbranched alkanes of at least 4 members (excludes halogenated alkanes) is 1. The standard InChI is InChI=1S/C13H24N2O/c1-3-4-5-12-13(16)15(9-14-12)10(2)8-11-6-7-11/h10-12,14H,3-9H2,1-2H3. The Hall–Kier alpha value is -0.570. The summed E-state index contributed by atoms with van der Waals surface area (Å²) in [5, 5.41) is 3.34. The molecule has 0 aromatic rings. The van der Waals surface area contributed by atoms with E-state index >= 15 is 0 Å². The summed E-state index contributed by atoms with van der Waals surface area (Å²) in [6, 6.07) is 0.528. The lowest BCUT2D eigenvalue weighted by molar-refractivity contribution is -0.130. The van der Waals surface area contributed by atoms with Gasteiger partial charge in [-0.15, -0.1) is 0 Å². The Morgan fingerprint density at radius 1 is 1.50 bits per heavy atom. The first-order valence-electron chi connectivity index (χ1n) is 6.76. The minimum absolute atomic E-state index is 0.0987. The average Bonchev–Trinajstić information content (AvgIpc) is 2.99. The zero-order chi connectivity index (χ0) is 11.5. The lowest BCUT2D eigenvalue weighted by Crippen LogP contribution is -2.37. The molecule has 0 radical (unpaired) electrons. The molecule has 1 amide bonds. The van der Waals surface area contributed by atoms with Crippen molar-refractivity contribution in [1.29, 1.82) is 0 Å². The van der Waals surface area contributed by atoms with Crippen molar-refractivity contribution in [3.63, 3.8) is 0 Å². The van der Waals surface area contributed by atoms with Crippen molar-refractivity contribution in [2.24, 2.45) is 5.92 Å². The summed E-state index contributed by atoms with van der Waals surface area (Å²) in [7, 11) is 0. The summed E-state index contributed by atoms with van der Waals surface area (Å²) in [6.07, 6.45) is 7.27. The first-order chi connectivity index (χ1) is 7.72. The first kappa shape index (κ1) is 11.9. The summed E-state index contributed by atoms with van der Waals surface area (Å²) >= 11 is 0. The molecule has 1 saturated carbocycles. The third-order valence-corrected chi connectivity index (χ3v) is 3.84. The average molecular weight is 224 g/mol. The maximum absolute atomic E-state index is 12.1. The van der Waals surface area contributed by atoms with Crippen molar-refractivity contribution < 1.29 is 4.79 Å². The van der Waals surface area contributed by atoms with E-state index in [1.165, 1.54) is 25.7 Å². The van der Waals surface area contributed by atoms with Gasteiger partial charge >= 0.3 is 0 Å². The third kappa shape index (κ3) is 2.76. The monoisotopic (exact) mass is 224 g/mol. The maximum atomic E-state index is 12.1. The second kappa shape index (κ2) is 5.17. The summed E-state index contributed by atoms with van der Waals surface area (Å²) in [5.41, 5.74) is 0. The second-order valence-electron chi connectivity index (χ2n) is 5.39. The van der Waals surface area contributed by atoms with Crippen molar-refractivity contribution in [2.45, 2.75) is 64.5 Å². The van der Waals surface area contributed by atoms with Crippen LogP contribution in [0.25, 0.3) is 0 Å². The molecule has 1 aliphatic heterocycles. The van der Waals surface area contributed by atoms with E-state index in [2.05, 4.69) is 19.2 Å². The summed E-state index contributed by atoms with van der Waals surface area (Å²) in [4.78, 5) is 14.2. The fourth-order valence-electron chi connectivity index (χ4n) is 2.54. The number of rotatable bonds is 6. The van der Waals surface area contributed by atoms with Crippen LogP contribution in [0.1, 0.15) is 52.4 Å². The fraction of sp³-hybridized carbons (Fsp3) is 0.923. The van der Waals surface area contributed by atoms with Gasteiger partial charge in [0.2, 0.25) is 5.91 Å². The van der Waals surface area contributed by atoms with E-state index in [-0.39, 0.29) is 6.04 Å². The summed E-state index contributed by atoms with van der Waals surface area (Å²) < 4.78 is 0. The van der Waals surface area contributed by atoms with Crippen LogP contribution in [0.3, 0.4) is 0 Å². The molecule has 1 heterocycles. The Labute approximate surface area is 98.6 Å². The predicted octanol–water partition coefficient (Wildman–Crippen LogP) is 2.12. The predicted molar refractivity (Wildman–Crippen MR) is 65.0 cm³/mol. The van der Waals surface area contributed by atoms with Crippen molar-refractivity contribution in [1.82, 2.24) is 10.2 Å². The van der Waals surface area contributed by atoms with Gasteiger partial charge in [-0.05, 0) is 25.7 Å². The van der Waals surface area contributed by atoms with Gasteiger partial charge in [-0.2, -0.15) is 0 Å². The minimum Gasteiger partial charge on any atom is -0.326 e. The lowest BCUT2D eigenvalue weighted by Gasteiger charge is -2.23. The van der Waals surface area contributed by atoms with Crippen molar-refractivity contribution in [2.75, 3.05) is 6.67 Å². The molecule has 2 atom stereocenters. The Morgan fingerprint density at radius 2 is 2.25 bits per heavy atom. The van der Waals surface area contributed by atoms with Crippen LogP contribution >= 0.6 is 0 Å². The third-order valence-electron chi connectivity index (χ3n) is 3.84. The van der Waals surface area contributed by atoms with Crippen molar-refractivity contribution in [3.05, 3.63) is 0 Å². The molecule has 1 aliphatic carbocycles. The number of nitrogens with one attached hydrogen (secondary N) is 1. The molecule has 0 aromatic carbocycles. The molecule has 3 heteroatoms. The van der Waals surface area contributed by atoms with Crippen LogP contribution in [0.2, 0.25) is 0 Å². The SMILES string of the molecule is CCCCC1NCN(C(C)CC2CC2)C1=O. The highest BCUT2D eigenvalue weighted by molar-refractivity contribution is 5.84. The number of nitrogens with zero attached hydrogens (tertiary/aromatic N) is 1. The molecule has 2 rings (SSSR count). The Balaban J connectivity index is 1.80. The highest BCUT2D eigenvalue weighted by Gasteiger charge is 2.35. The number of carbonyl (C=O) groups is 1. The van der Waals surface area contributed by atoms with E-state index < -0.39 is 0 Å². The largest absolute Gasteiger partial charge is 0.326 e. The van der Waals surface area contributed by atoms with E-state index in [9.17, 15) is 4.79 Å². The van der Waals surface area contributed by atoms with E-state index in [0.29, 0.717) is 11.9 Å². The van der Waals surface area contributed by atoms with Crippen LogP contribution < -0.4 is 5.32 Å². The highest BCUT2D eigenvalue weighted by atomic mass is 16.2. The van der Waals surface area contributed by atoms with Crippen LogP contribution in [-0.2, 0) is 4.79 Å². The van der Waals surface area contributed by atoms with E-state index in [1.807, 2.05) is 4.90 Å². The lowest BCUT2D eigenvalue weighted by atomic mass is 10.1. The normalized spacial score (nSPS) is 27.5. The van der Waals surface area contributed by atoms with E-state index in [1.54, 1.807) is 0 Å². The van der Waals surface area contributed by atoms with Crippen LogP contribution in [0.4, 0.5) is 0 Å². The van der Waals surface area contributed by atoms with Crippen LogP contribution in [0.5, 0.6) is 0 Å². The van der Waals surface area contributed by atoms with Gasteiger partial charge in [0, 0.05) is 6.04 Å². The quantitative estimate of drug-likeness (QED) is 0.749. The molecule has 0 aromatic heterocycles. The van der Waals surface area contributed by atoms with Crippen LogP contribution in [0.15, 0.2) is 0 Å². The second-order valence-corrected chi connectivity index (χ2v) is 5.39. The zero-order valence-electron chi connectivity index (χ0n) is 10.5. The first-order valence-corrected chi connectivity index (χ1v) is 6.76. The van der Waals surface area contributed by atoms with Gasteiger partial charge < -0.3 is 4.90 Å². The summed E-state index contributed by atoms with van der Waals surface area (Å²) in [5.74, 6) is 1.24. The minimum atomic E-state index is 0.0987. The van der Waals surface area contributed by atoms with Crippen LogP contribution in [-0.4, -0.2) is 29.6 Å². The Kier molecular flexibility index (Phi) is 3.85. The number of carbonyl (C=O) groups excluding carboxylic acids is 1. The van der Waals surface area contributed by atoms with Gasteiger partial charge in [-0.3, -0.25) is 10.1 Å². The van der Waals surface area contributed by atoms with Crippen LogP contribution in [0, 0.1) is 5.92 Å². The summed E-state index contributed by atoms with van der Waals surface area (Å²) in [6.45, 7) is 5.13. The molecule has 92 valence electrons. The molecule has 1 N–H and O–H groups in total. The molecule has 1 saturated heterocycles.